The first kappa shape index (κ1) is 27.9. The zero-order valence-electron chi connectivity index (χ0n) is 24.0. The number of piperidine rings is 1. The third-order valence-corrected chi connectivity index (χ3v) is 9.54. The van der Waals surface area contributed by atoms with Crippen molar-refractivity contribution in [2.45, 2.75) is 52.4 Å². The number of benzene rings is 1. The van der Waals surface area contributed by atoms with Gasteiger partial charge in [0, 0.05) is 39.1 Å². The summed E-state index contributed by atoms with van der Waals surface area (Å²) in [7, 11) is 0. The molecular weight excluding hydrogens is 486 g/mol. The van der Waals surface area contributed by atoms with Crippen molar-refractivity contribution in [3.63, 3.8) is 0 Å². The smallest absolute Gasteiger partial charge is 0.257 e. The summed E-state index contributed by atoms with van der Waals surface area (Å²) in [5.74, 6) is 2.96. The van der Waals surface area contributed by atoms with Crippen molar-refractivity contribution < 1.29 is 9.59 Å². The summed E-state index contributed by atoms with van der Waals surface area (Å²) in [5.41, 5.74) is 3.72. The van der Waals surface area contributed by atoms with Crippen LogP contribution in [0.1, 0.15) is 65.8 Å². The van der Waals surface area contributed by atoms with Crippen LogP contribution in [-0.2, 0) is 4.79 Å². The number of fused-ring (bicyclic) bond motifs is 1. The molecule has 0 N–H and O–H groups in total. The molecule has 7 heteroatoms. The van der Waals surface area contributed by atoms with Gasteiger partial charge in [-0.3, -0.25) is 4.79 Å². The van der Waals surface area contributed by atoms with Gasteiger partial charge in [0.15, 0.2) is 0 Å². The van der Waals surface area contributed by atoms with Crippen LogP contribution in [0.25, 0.3) is 0 Å². The minimum Gasteiger partial charge on any atom is -0.338 e. The molecule has 210 valence electrons. The SMILES string of the molecule is Cc1ncnc(C)c1C(=O)N1CC2CN(CCC(c3ccccc3)C3CCN(CC(C)CC=O)CC3)CC2C1. The third-order valence-electron chi connectivity index (χ3n) is 9.54. The number of rotatable bonds is 10. The van der Waals surface area contributed by atoms with Crippen LogP contribution >= 0.6 is 0 Å². The molecule has 3 saturated heterocycles. The summed E-state index contributed by atoms with van der Waals surface area (Å²) in [6.07, 6.45) is 6.93. The molecule has 0 radical (unpaired) electrons. The van der Waals surface area contributed by atoms with E-state index >= 15 is 0 Å². The summed E-state index contributed by atoms with van der Waals surface area (Å²) >= 11 is 0. The van der Waals surface area contributed by atoms with Crippen LogP contribution in [0.5, 0.6) is 0 Å². The zero-order chi connectivity index (χ0) is 27.4. The van der Waals surface area contributed by atoms with Crippen LogP contribution in [0.15, 0.2) is 36.7 Å². The van der Waals surface area contributed by atoms with E-state index in [4.69, 9.17) is 0 Å². The van der Waals surface area contributed by atoms with Crippen molar-refractivity contribution in [1.29, 1.82) is 0 Å². The van der Waals surface area contributed by atoms with Crippen LogP contribution in [0.2, 0.25) is 0 Å². The normalized spacial score (nSPS) is 24.0. The van der Waals surface area contributed by atoms with Crippen LogP contribution < -0.4 is 0 Å². The Labute approximate surface area is 234 Å². The number of carbonyl (C=O) groups excluding carboxylic acids is 2. The summed E-state index contributed by atoms with van der Waals surface area (Å²) in [5, 5.41) is 0. The van der Waals surface area contributed by atoms with Gasteiger partial charge in [0.1, 0.15) is 12.6 Å². The number of aldehydes is 1. The Balaban J connectivity index is 1.15. The molecule has 3 aliphatic heterocycles. The molecule has 0 saturated carbocycles. The second kappa shape index (κ2) is 12.7. The number of aromatic nitrogens is 2. The first-order chi connectivity index (χ1) is 18.9. The van der Waals surface area contributed by atoms with Gasteiger partial charge >= 0.3 is 0 Å². The third kappa shape index (κ3) is 6.58. The molecule has 5 rings (SSSR count). The van der Waals surface area contributed by atoms with E-state index in [9.17, 15) is 9.59 Å². The van der Waals surface area contributed by atoms with Gasteiger partial charge in [-0.1, -0.05) is 37.3 Å². The Hall–Kier alpha value is -2.64. The van der Waals surface area contributed by atoms with Crippen molar-refractivity contribution in [3.05, 3.63) is 59.2 Å². The maximum Gasteiger partial charge on any atom is 0.257 e. The van der Waals surface area contributed by atoms with E-state index < -0.39 is 0 Å². The molecule has 2 aromatic rings. The van der Waals surface area contributed by atoms with Gasteiger partial charge in [-0.2, -0.15) is 0 Å². The summed E-state index contributed by atoms with van der Waals surface area (Å²) < 4.78 is 0. The quantitative estimate of drug-likeness (QED) is 0.428. The van der Waals surface area contributed by atoms with Crippen LogP contribution in [0, 0.1) is 37.5 Å². The van der Waals surface area contributed by atoms with Crippen molar-refractivity contribution in [2.75, 3.05) is 52.4 Å². The lowest BCUT2D eigenvalue weighted by Gasteiger charge is -2.38. The van der Waals surface area contributed by atoms with E-state index in [-0.39, 0.29) is 5.91 Å². The predicted octanol–water partition coefficient (Wildman–Crippen LogP) is 4.21. The lowest BCUT2D eigenvalue weighted by Crippen LogP contribution is -2.39. The highest BCUT2D eigenvalue weighted by Gasteiger charge is 2.42. The van der Waals surface area contributed by atoms with Gasteiger partial charge in [-0.05, 0) is 87.9 Å². The van der Waals surface area contributed by atoms with Gasteiger partial charge in [-0.15, -0.1) is 0 Å². The van der Waals surface area contributed by atoms with Gasteiger partial charge in [-0.25, -0.2) is 9.97 Å². The highest BCUT2D eigenvalue weighted by atomic mass is 16.2. The molecule has 0 bridgehead atoms. The second-order valence-corrected chi connectivity index (χ2v) is 12.4. The molecule has 0 aliphatic carbocycles. The number of aryl methyl sites for hydroxylation is 2. The fraction of sp³-hybridized carbons (Fsp3) is 0.625. The van der Waals surface area contributed by atoms with Gasteiger partial charge in [0.2, 0.25) is 0 Å². The summed E-state index contributed by atoms with van der Waals surface area (Å²) in [6, 6.07) is 11.1. The first-order valence-electron chi connectivity index (χ1n) is 14.9. The lowest BCUT2D eigenvalue weighted by atomic mass is 9.78. The van der Waals surface area contributed by atoms with Crippen molar-refractivity contribution in [3.8, 4) is 0 Å². The molecule has 7 nitrogen and oxygen atoms in total. The Kier molecular flexibility index (Phi) is 9.08. The van der Waals surface area contributed by atoms with Gasteiger partial charge in [0.05, 0.1) is 17.0 Å². The Morgan fingerprint density at radius 2 is 1.62 bits per heavy atom. The van der Waals surface area contributed by atoms with E-state index in [1.165, 1.54) is 24.8 Å². The van der Waals surface area contributed by atoms with E-state index in [0.717, 1.165) is 70.0 Å². The van der Waals surface area contributed by atoms with E-state index in [1.54, 1.807) is 6.33 Å². The molecule has 1 amide bonds. The standard InChI is InChI=1S/C32H45N5O2/c1-23(12-16-38)17-35-13-9-27(10-14-35)30(26-7-5-4-6-8-26)11-15-36-18-28-20-37(21-29(28)19-36)32(39)31-24(2)33-22-34-25(31)3/h4-8,16,22-23,27-30H,9-15,17-21H2,1-3H3. The zero-order valence-corrected chi connectivity index (χ0v) is 24.0. The van der Waals surface area contributed by atoms with E-state index in [1.807, 2.05) is 18.7 Å². The first-order valence-corrected chi connectivity index (χ1v) is 14.9. The maximum atomic E-state index is 13.3. The predicted molar refractivity (Wildman–Crippen MR) is 154 cm³/mol. The minimum atomic E-state index is 0.0996. The topological polar surface area (TPSA) is 69.6 Å². The Morgan fingerprint density at radius 1 is 0.974 bits per heavy atom. The highest BCUT2D eigenvalue weighted by Crippen LogP contribution is 2.37. The minimum absolute atomic E-state index is 0.0996. The Morgan fingerprint density at radius 3 is 2.23 bits per heavy atom. The van der Waals surface area contributed by atoms with Crippen molar-refractivity contribution >= 4 is 12.2 Å². The van der Waals surface area contributed by atoms with Crippen LogP contribution in [0.3, 0.4) is 0 Å². The number of hydrogen-bond acceptors (Lipinski definition) is 6. The molecule has 3 fully saturated rings. The van der Waals surface area contributed by atoms with Gasteiger partial charge in [0.25, 0.3) is 5.91 Å². The average molecular weight is 532 g/mol. The van der Waals surface area contributed by atoms with E-state index in [0.29, 0.717) is 41.6 Å². The number of likely N-dealkylation sites (tertiary alicyclic amines) is 3. The number of amides is 1. The molecule has 39 heavy (non-hydrogen) atoms. The summed E-state index contributed by atoms with van der Waals surface area (Å²) in [4.78, 5) is 39.9. The molecule has 3 aliphatic rings. The molecule has 4 heterocycles. The lowest BCUT2D eigenvalue weighted by molar-refractivity contribution is -0.108. The highest BCUT2D eigenvalue weighted by molar-refractivity contribution is 5.96. The van der Waals surface area contributed by atoms with Crippen LogP contribution in [0.4, 0.5) is 0 Å². The van der Waals surface area contributed by atoms with Gasteiger partial charge < -0.3 is 19.5 Å². The number of hydrogen-bond donors (Lipinski definition) is 0. The van der Waals surface area contributed by atoms with Crippen LogP contribution in [-0.4, -0.2) is 89.2 Å². The average Bonchev–Trinajstić information content (AvgIpc) is 3.49. The largest absolute Gasteiger partial charge is 0.338 e. The Bertz CT molecular complexity index is 1080. The maximum absolute atomic E-state index is 13.3. The molecule has 1 aromatic carbocycles. The number of nitrogens with zero attached hydrogens (tertiary/aromatic N) is 5. The van der Waals surface area contributed by atoms with Crippen molar-refractivity contribution in [2.24, 2.45) is 23.7 Å². The van der Waals surface area contributed by atoms with Crippen molar-refractivity contribution in [1.82, 2.24) is 24.7 Å². The molecule has 0 spiro atoms. The monoisotopic (exact) mass is 531 g/mol. The summed E-state index contributed by atoms with van der Waals surface area (Å²) in [6.45, 7) is 14.3. The second-order valence-electron chi connectivity index (χ2n) is 12.4. The fourth-order valence-corrected chi connectivity index (χ4v) is 7.41. The molecular formula is C32H45N5O2. The van der Waals surface area contributed by atoms with E-state index in [2.05, 4.69) is 57.0 Å². The molecule has 1 aromatic heterocycles. The number of carbonyl (C=O) groups is 2. The molecule has 4 unspecified atom stereocenters. The molecule has 4 atom stereocenters. The fourth-order valence-electron chi connectivity index (χ4n) is 7.41.